The number of halogens is 3. The van der Waals surface area contributed by atoms with Crippen LogP contribution in [0.5, 0.6) is 0 Å². The van der Waals surface area contributed by atoms with Crippen LogP contribution < -0.4 is 0 Å². The van der Waals surface area contributed by atoms with Gasteiger partial charge in [-0.25, -0.2) is 4.79 Å². The molecule has 1 aliphatic carbocycles. The van der Waals surface area contributed by atoms with E-state index in [4.69, 9.17) is 14.0 Å². The van der Waals surface area contributed by atoms with Crippen LogP contribution in [0.3, 0.4) is 0 Å². The summed E-state index contributed by atoms with van der Waals surface area (Å²) < 4.78 is 76.0. The molecule has 1 aliphatic heterocycles. The minimum Gasteiger partial charge on any atom is -0.458 e. The maximum absolute atomic E-state index is 13.1. The number of ether oxygens (including phenoxy) is 2. The third-order valence-electron chi connectivity index (χ3n) is 4.53. The molecule has 7 nitrogen and oxygen atoms in total. The Labute approximate surface area is 129 Å². The fourth-order valence-corrected chi connectivity index (χ4v) is 3.21. The van der Waals surface area contributed by atoms with Crippen LogP contribution in [0.2, 0.25) is 0 Å². The highest BCUT2D eigenvalue weighted by Gasteiger charge is 2.68. The first-order chi connectivity index (χ1) is 10.2. The third kappa shape index (κ3) is 2.69. The highest BCUT2D eigenvalue weighted by molar-refractivity contribution is 7.88. The van der Waals surface area contributed by atoms with Gasteiger partial charge in [-0.05, 0) is 26.7 Å². The lowest BCUT2D eigenvalue weighted by atomic mass is 9.79. The zero-order valence-corrected chi connectivity index (χ0v) is 13.0. The molecule has 1 N–H and O–H groups in total. The normalized spacial score (nSPS) is 33.7. The summed E-state index contributed by atoms with van der Waals surface area (Å²) in [6, 6.07) is 0. The standard InChI is InChI=1S/C12H15F3O7S/c1-10(4-3-6-5-7(10)21-8(6)16)22-9(17)11(2,12(13,14)15)23(18,19)20/h6-7H,3-5H2,1-2H3,(H,18,19,20). The van der Waals surface area contributed by atoms with E-state index in [1.807, 2.05) is 0 Å². The van der Waals surface area contributed by atoms with Crippen molar-refractivity contribution < 1.29 is 45.2 Å². The quantitative estimate of drug-likeness (QED) is 0.596. The predicted octanol–water partition coefficient (Wildman–Crippen LogP) is 1.22. The number of alkyl halides is 3. The molecule has 0 amide bonds. The molecule has 2 fully saturated rings. The molecule has 2 aliphatic rings. The first-order valence-corrected chi connectivity index (χ1v) is 8.14. The van der Waals surface area contributed by atoms with Crippen LogP contribution in [0.25, 0.3) is 0 Å². The van der Waals surface area contributed by atoms with Crippen LogP contribution >= 0.6 is 0 Å². The van der Waals surface area contributed by atoms with Gasteiger partial charge in [0.05, 0.1) is 5.92 Å². The predicted molar refractivity (Wildman–Crippen MR) is 67.7 cm³/mol. The van der Waals surface area contributed by atoms with Gasteiger partial charge in [-0.15, -0.1) is 0 Å². The van der Waals surface area contributed by atoms with Crippen LogP contribution in [0.15, 0.2) is 0 Å². The van der Waals surface area contributed by atoms with Crippen molar-refractivity contribution in [3.8, 4) is 0 Å². The Morgan fingerprint density at radius 3 is 2.48 bits per heavy atom. The van der Waals surface area contributed by atoms with Crippen molar-refractivity contribution in [1.29, 1.82) is 0 Å². The summed E-state index contributed by atoms with van der Waals surface area (Å²) in [7, 11) is -5.83. The Kier molecular flexibility index (Phi) is 3.96. The van der Waals surface area contributed by atoms with Gasteiger partial charge < -0.3 is 9.47 Å². The molecule has 4 atom stereocenters. The van der Waals surface area contributed by atoms with Gasteiger partial charge in [-0.3, -0.25) is 9.35 Å². The molecule has 2 rings (SSSR count). The molecule has 0 aromatic heterocycles. The van der Waals surface area contributed by atoms with E-state index in [-0.39, 0.29) is 26.2 Å². The van der Waals surface area contributed by atoms with Gasteiger partial charge in [0.2, 0.25) is 0 Å². The average molecular weight is 360 g/mol. The molecule has 0 radical (unpaired) electrons. The number of rotatable bonds is 3. The van der Waals surface area contributed by atoms with Crippen molar-refractivity contribution in [3.63, 3.8) is 0 Å². The number of hydrogen-bond donors (Lipinski definition) is 1. The lowest BCUT2D eigenvalue weighted by Gasteiger charge is -2.38. The van der Waals surface area contributed by atoms with Gasteiger partial charge >= 0.3 is 18.1 Å². The van der Waals surface area contributed by atoms with E-state index in [9.17, 15) is 31.2 Å². The second-order valence-corrected chi connectivity index (χ2v) is 7.87. The van der Waals surface area contributed by atoms with Gasteiger partial charge in [0.25, 0.3) is 14.9 Å². The van der Waals surface area contributed by atoms with Crippen molar-refractivity contribution in [2.45, 2.75) is 55.7 Å². The molecule has 0 aromatic carbocycles. The zero-order chi connectivity index (χ0) is 17.8. The van der Waals surface area contributed by atoms with Crippen molar-refractivity contribution in [2.75, 3.05) is 0 Å². The Balaban J connectivity index is 2.31. The van der Waals surface area contributed by atoms with Crippen molar-refractivity contribution in [3.05, 3.63) is 0 Å². The molecular weight excluding hydrogens is 345 g/mol. The fourth-order valence-electron chi connectivity index (χ4n) is 2.66. The average Bonchev–Trinajstić information content (AvgIpc) is 2.69. The summed E-state index contributed by atoms with van der Waals surface area (Å²) in [5.74, 6) is -3.08. The van der Waals surface area contributed by atoms with Gasteiger partial charge in [-0.1, -0.05) is 0 Å². The number of fused-ring (bicyclic) bond motifs is 2. The van der Waals surface area contributed by atoms with E-state index in [0.717, 1.165) is 0 Å². The van der Waals surface area contributed by atoms with Gasteiger partial charge in [0.1, 0.15) is 11.7 Å². The SMILES string of the molecule is CC1(OC(=O)C(C)(C(F)(F)F)S(=O)(=O)O)CCC2CC1OC2=O. The number of esters is 2. The van der Waals surface area contributed by atoms with Crippen molar-refractivity contribution in [1.82, 2.24) is 0 Å². The minimum atomic E-state index is -5.83. The summed E-state index contributed by atoms with van der Waals surface area (Å²) in [5, 5.41) is 0. The second kappa shape index (κ2) is 5.07. The Bertz CT molecular complexity index is 644. The third-order valence-corrected chi connectivity index (χ3v) is 5.96. The van der Waals surface area contributed by atoms with Gasteiger partial charge in [-0.2, -0.15) is 21.6 Å². The topological polar surface area (TPSA) is 107 Å². The molecule has 2 bridgehead atoms. The monoisotopic (exact) mass is 360 g/mol. The van der Waals surface area contributed by atoms with Crippen molar-refractivity contribution in [2.24, 2.45) is 5.92 Å². The summed E-state index contributed by atoms with van der Waals surface area (Å²) in [6.45, 7) is 1.30. The minimum absolute atomic E-state index is 0.0281. The molecule has 1 heterocycles. The van der Waals surface area contributed by atoms with E-state index in [0.29, 0.717) is 0 Å². The summed E-state index contributed by atoms with van der Waals surface area (Å²) in [5.41, 5.74) is -1.59. The first-order valence-electron chi connectivity index (χ1n) is 6.70. The highest BCUT2D eigenvalue weighted by atomic mass is 32.2. The van der Waals surface area contributed by atoms with E-state index >= 15 is 0 Å². The Morgan fingerprint density at radius 2 is 2.00 bits per heavy atom. The highest BCUT2D eigenvalue weighted by Crippen LogP contribution is 2.45. The molecule has 132 valence electrons. The molecule has 1 saturated heterocycles. The van der Waals surface area contributed by atoms with Gasteiger partial charge in [0, 0.05) is 6.42 Å². The molecule has 1 saturated carbocycles. The van der Waals surface area contributed by atoms with E-state index in [1.54, 1.807) is 0 Å². The maximum atomic E-state index is 13.1. The van der Waals surface area contributed by atoms with Gasteiger partial charge in [0.15, 0.2) is 0 Å². The number of carbonyl (C=O) groups excluding carboxylic acids is 2. The summed E-state index contributed by atoms with van der Waals surface area (Å²) in [6.07, 6.45) is -6.07. The van der Waals surface area contributed by atoms with Crippen molar-refractivity contribution >= 4 is 22.1 Å². The summed E-state index contributed by atoms with van der Waals surface area (Å²) >= 11 is 0. The molecule has 0 spiro atoms. The lowest BCUT2D eigenvalue weighted by Crippen LogP contribution is -2.59. The molecule has 0 aromatic rings. The Morgan fingerprint density at radius 1 is 1.43 bits per heavy atom. The van der Waals surface area contributed by atoms with Crippen LogP contribution in [-0.4, -0.2) is 47.5 Å². The lowest BCUT2D eigenvalue weighted by molar-refractivity contribution is -0.205. The molecule has 23 heavy (non-hydrogen) atoms. The zero-order valence-electron chi connectivity index (χ0n) is 12.2. The van der Waals surface area contributed by atoms with E-state index < -0.39 is 50.6 Å². The largest absolute Gasteiger partial charge is 0.458 e. The van der Waals surface area contributed by atoms with Crippen LogP contribution in [-0.2, 0) is 29.2 Å². The smallest absolute Gasteiger partial charge is 0.421 e. The maximum Gasteiger partial charge on any atom is 0.421 e. The molecular formula is C12H15F3O7S. The number of hydrogen-bond acceptors (Lipinski definition) is 6. The van der Waals surface area contributed by atoms with Crippen LogP contribution in [0, 0.1) is 5.92 Å². The fraction of sp³-hybridized carbons (Fsp3) is 0.833. The first kappa shape index (κ1) is 18.0. The molecule has 11 heteroatoms. The second-order valence-electron chi connectivity index (χ2n) is 6.11. The van der Waals surface area contributed by atoms with E-state index in [1.165, 1.54) is 6.92 Å². The number of carbonyl (C=O) groups is 2. The summed E-state index contributed by atoms with van der Waals surface area (Å²) in [4.78, 5) is 23.4. The van der Waals surface area contributed by atoms with Crippen LogP contribution in [0.1, 0.15) is 33.1 Å². The van der Waals surface area contributed by atoms with E-state index in [2.05, 4.69) is 0 Å². The van der Waals surface area contributed by atoms with Crippen LogP contribution in [0.4, 0.5) is 13.2 Å². The molecule has 4 unspecified atom stereocenters. The Hall–Kier alpha value is -1.36.